The zero-order valence-electron chi connectivity index (χ0n) is 12.3. The minimum Gasteiger partial charge on any atom is -0.497 e. The third-order valence-corrected chi connectivity index (χ3v) is 4.28. The van der Waals surface area contributed by atoms with Gasteiger partial charge in [-0.1, -0.05) is 11.6 Å². The second kappa shape index (κ2) is 5.18. The Morgan fingerprint density at radius 2 is 1.91 bits per heavy atom. The first kappa shape index (κ1) is 13.9. The maximum absolute atomic E-state index is 12.7. The molecule has 0 atom stereocenters. The molecular formula is C18H13ClN2O2. The molecule has 0 saturated heterocycles. The Labute approximate surface area is 137 Å². The van der Waals surface area contributed by atoms with Crippen molar-refractivity contribution in [2.75, 3.05) is 7.11 Å². The van der Waals surface area contributed by atoms with Crippen LogP contribution in [0.4, 0.5) is 0 Å². The van der Waals surface area contributed by atoms with Gasteiger partial charge in [0.05, 0.1) is 17.8 Å². The molecule has 0 spiro atoms. The zero-order valence-corrected chi connectivity index (χ0v) is 13.1. The molecule has 0 unspecified atom stereocenters. The highest BCUT2D eigenvalue weighted by Gasteiger charge is 2.14. The average Bonchev–Trinajstić information content (AvgIpc) is 3.17. The number of halogens is 1. The van der Waals surface area contributed by atoms with Crippen molar-refractivity contribution in [1.29, 1.82) is 0 Å². The Hall–Kier alpha value is -2.72. The summed E-state index contributed by atoms with van der Waals surface area (Å²) in [6.07, 6.45) is 1.72. The molecule has 2 N–H and O–H groups in total. The minimum absolute atomic E-state index is 0.0701. The maximum atomic E-state index is 12.7. The largest absolute Gasteiger partial charge is 0.497 e. The number of hydrogen-bond acceptors (Lipinski definition) is 2. The number of aromatic amines is 2. The molecule has 0 aliphatic rings. The Kier molecular flexibility index (Phi) is 3.13. The minimum atomic E-state index is -0.0701. The summed E-state index contributed by atoms with van der Waals surface area (Å²) < 4.78 is 5.21. The molecule has 0 fully saturated rings. The van der Waals surface area contributed by atoms with Crippen molar-refractivity contribution >= 4 is 39.2 Å². The van der Waals surface area contributed by atoms with Crippen LogP contribution in [0.2, 0.25) is 5.02 Å². The van der Waals surface area contributed by atoms with Crippen LogP contribution in [-0.4, -0.2) is 22.9 Å². The fourth-order valence-electron chi connectivity index (χ4n) is 2.74. The summed E-state index contributed by atoms with van der Waals surface area (Å²) in [4.78, 5) is 19.0. The van der Waals surface area contributed by atoms with E-state index in [1.807, 2.05) is 36.4 Å². The highest BCUT2D eigenvalue weighted by Crippen LogP contribution is 2.26. The van der Waals surface area contributed by atoms with Gasteiger partial charge < -0.3 is 14.7 Å². The van der Waals surface area contributed by atoms with Crippen molar-refractivity contribution in [2.45, 2.75) is 0 Å². The van der Waals surface area contributed by atoms with Gasteiger partial charge in [0.1, 0.15) is 5.75 Å². The molecule has 4 aromatic rings. The van der Waals surface area contributed by atoms with Gasteiger partial charge in [-0.15, -0.1) is 0 Å². The summed E-state index contributed by atoms with van der Waals surface area (Å²) in [7, 11) is 1.62. The lowest BCUT2D eigenvalue weighted by atomic mass is 10.1. The molecule has 2 aromatic heterocycles. The maximum Gasteiger partial charge on any atom is 0.209 e. The number of fused-ring (bicyclic) bond motifs is 2. The lowest BCUT2D eigenvalue weighted by Gasteiger charge is -1.99. The number of ketones is 1. The molecule has 23 heavy (non-hydrogen) atoms. The Morgan fingerprint density at radius 3 is 2.74 bits per heavy atom. The molecule has 0 saturated carbocycles. The number of aromatic nitrogens is 2. The van der Waals surface area contributed by atoms with E-state index in [2.05, 4.69) is 9.97 Å². The molecular weight excluding hydrogens is 312 g/mol. The first-order chi connectivity index (χ1) is 11.2. The third kappa shape index (κ3) is 2.28. The second-order valence-corrected chi connectivity index (χ2v) is 5.77. The molecule has 2 aromatic carbocycles. The van der Waals surface area contributed by atoms with E-state index in [1.54, 1.807) is 19.4 Å². The highest BCUT2D eigenvalue weighted by molar-refractivity contribution is 6.35. The van der Waals surface area contributed by atoms with Crippen LogP contribution in [0.25, 0.3) is 21.8 Å². The number of carbonyl (C=O) groups is 1. The summed E-state index contributed by atoms with van der Waals surface area (Å²) in [6.45, 7) is 0. The molecule has 0 radical (unpaired) electrons. The van der Waals surface area contributed by atoms with E-state index in [9.17, 15) is 4.79 Å². The number of methoxy groups -OCH3 is 1. The number of hydrogen-bond donors (Lipinski definition) is 2. The van der Waals surface area contributed by atoms with Crippen LogP contribution >= 0.6 is 11.6 Å². The first-order valence-electron chi connectivity index (χ1n) is 7.14. The van der Waals surface area contributed by atoms with Crippen LogP contribution < -0.4 is 4.74 Å². The van der Waals surface area contributed by atoms with E-state index < -0.39 is 0 Å². The Bertz CT molecular complexity index is 1050. The summed E-state index contributed by atoms with van der Waals surface area (Å²) in [5, 5.41) is 2.39. The standard InChI is InChI=1S/C18H13ClN2O2/c1-23-12-3-5-15-11(6-12)8-17(21-15)18(22)10-2-4-16-13(7-10)14(19)9-20-16/h2-9,20-21H,1H3. The summed E-state index contributed by atoms with van der Waals surface area (Å²) in [5.41, 5.74) is 2.94. The van der Waals surface area contributed by atoms with Gasteiger partial charge in [-0.2, -0.15) is 0 Å². The van der Waals surface area contributed by atoms with Gasteiger partial charge in [0.25, 0.3) is 0 Å². The van der Waals surface area contributed by atoms with Crippen molar-refractivity contribution in [2.24, 2.45) is 0 Å². The fraction of sp³-hybridized carbons (Fsp3) is 0.0556. The van der Waals surface area contributed by atoms with E-state index in [4.69, 9.17) is 16.3 Å². The van der Waals surface area contributed by atoms with Crippen LogP contribution in [0, 0.1) is 0 Å². The predicted molar refractivity (Wildman–Crippen MR) is 91.6 cm³/mol. The van der Waals surface area contributed by atoms with Crippen molar-refractivity contribution < 1.29 is 9.53 Å². The number of benzene rings is 2. The monoisotopic (exact) mass is 324 g/mol. The molecule has 114 valence electrons. The van der Waals surface area contributed by atoms with Gasteiger partial charge in [-0.25, -0.2) is 0 Å². The zero-order chi connectivity index (χ0) is 16.0. The van der Waals surface area contributed by atoms with Crippen molar-refractivity contribution in [3.63, 3.8) is 0 Å². The van der Waals surface area contributed by atoms with Gasteiger partial charge in [0.2, 0.25) is 5.78 Å². The average molecular weight is 325 g/mol. The van der Waals surface area contributed by atoms with E-state index in [1.165, 1.54) is 0 Å². The van der Waals surface area contributed by atoms with Crippen molar-refractivity contribution in [3.05, 3.63) is 64.9 Å². The SMILES string of the molecule is COc1ccc2[nH]c(C(=O)c3ccc4[nH]cc(Cl)c4c3)cc2c1. The number of rotatable bonds is 3. The molecule has 0 bridgehead atoms. The van der Waals surface area contributed by atoms with Gasteiger partial charge >= 0.3 is 0 Å². The number of ether oxygens (including phenoxy) is 1. The molecule has 5 heteroatoms. The summed E-state index contributed by atoms with van der Waals surface area (Å²) in [5.74, 6) is 0.690. The van der Waals surface area contributed by atoms with E-state index in [-0.39, 0.29) is 5.78 Å². The molecule has 4 nitrogen and oxygen atoms in total. The second-order valence-electron chi connectivity index (χ2n) is 5.36. The first-order valence-corrected chi connectivity index (χ1v) is 7.51. The van der Waals surface area contributed by atoms with Crippen molar-refractivity contribution in [3.8, 4) is 5.75 Å². The van der Waals surface area contributed by atoms with E-state index in [0.717, 1.165) is 27.6 Å². The van der Waals surface area contributed by atoms with Crippen LogP contribution in [-0.2, 0) is 0 Å². The van der Waals surface area contributed by atoms with E-state index >= 15 is 0 Å². The Balaban J connectivity index is 1.78. The molecule has 0 aliphatic carbocycles. The van der Waals surface area contributed by atoms with Crippen LogP contribution in [0.5, 0.6) is 5.75 Å². The van der Waals surface area contributed by atoms with Gasteiger partial charge in [-0.3, -0.25) is 4.79 Å². The number of nitrogens with one attached hydrogen (secondary N) is 2. The van der Waals surface area contributed by atoms with Crippen LogP contribution in [0.15, 0.2) is 48.7 Å². The van der Waals surface area contributed by atoms with Crippen molar-refractivity contribution in [1.82, 2.24) is 9.97 Å². The van der Waals surface area contributed by atoms with Gasteiger partial charge in [0, 0.05) is 33.6 Å². The smallest absolute Gasteiger partial charge is 0.209 e. The molecule has 4 rings (SSSR count). The highest BCUT2D eigenvalue weighted by atomic mass is 35.5. The van der Waals surface area contributed by atoms with Crippen LogP contribution in [0.3, 0.4) is 0 Å². The molecule has 0 aliphatic heterocycles. The van der Waals surface area contributed by atoms with Gasteiger partial charge in [-0.05, 0) is 42.5 Å². The normalized spacial score (nSPS) is 11.2. The fourth-order valence-corrected chi connectivity index (χ4v) is 2.95. The van der Waals surface area contributed by atoms with Crippen LogP contribution in [0.1, 0.15) is 16.1 Å². The van der Waals surface area contributed by atoms with Gasteiger partial charge in [0.15, 0.2) is 0 Å². The molecule has 0 amide bonds. The Morgan fingerprint density at radius 1 is 1.09 bits per heavy atom. The quantitative estimate of drug-likeness (QED) is 0.543. The molecule has 2 heterocycles. The van der Waals surface area contributed by atoms with E-state index in [0.29, 0.717) is 16.3 Å². The predicted octanol–water partition coefficient (Wildman–Crippen LogP) is 4.54. The number of carbonyl (C=O) groups excluding carboxylic acids is 1. The lowest BCUT2D eigenvalue weighted by molar-refractivity contribution is 0.103. The summed E-state index contributed by atoms with van der Waals surface area (Å²) in [6, 6.07) is 13.0. The lowest BCUT2D eigenvalue weighted by Crippen LogP contribution is -2.01. The topological polar surface area (TPSA) is 57.9 Å². The number of H-pyrrole nitrogens is 2. The summed E-state index contributed by atoms with van der Waals surface area (Å²) >= 11 is 6.13. The third-order valence-electron chi connectivity index (χ3n) is 3.97.